The average Bonchev–Trinajstić information content (AvgIpc) is 3.21. The Morgan fingerprint density at radius 1 is 0.923 bits per heavy atom. The van der Waals surface area contributed by atoms with Crippen molar-refractivity contribution >= 4 is 17.5 Å². The van der Waals surface area contributed by atoms with E-state index in [-0.39, 0.29) is 35.1 Å². The third kappa shape index (κ3) is 6.49. The van der Waals surface area contributed by atoms with Gasteiger partial charge in [0.2, 0.25) is 0 Å². The highest BCUT2D eigenvalue weighted by molar-refractivity contribution is 5.84. The minimum atomic E-state index is -0.312. The highest BCUT2D eigenvalue weighted by Crippen LogP contribution is 2.67. The summed E-state index contributed by atoms with van der Waals surface area (Å²) in [5.74, 6) is 3.58. The number of nitrogens with zero attached hydrogens (tertiary/aromatic N) is 1. The largest absolute Gasteiger partial charge is 0.462 e. The van der Waals surface area contributed by atoms with Crippen LogP contribution < -0.4 is 0 Å². The van der Waals surface area contributed by atoms with Crippen molar-refractivity contribution in [2.75, 3.05) is 20.6 Å². The van der Waals surface area contributed by atoms with E-state index in [2.05, 4.69) is 32.6 Å². The van der Waals surface area contributed by atoms with Crippen LogP contribution in [0.5, 0.6) is 0 Å². The van der Waals surface area contributed by atoms with Crippen molar-refractivity contribution in [3.8, 4) is 0 Å². The highest BCUT2D eigenvalue weighted by Gasteiger charge is 2.61. The minimum absolute atomic E-state index is 0.00643. The van der Waals surface area contributed by atoms with Gasteiger partial charge in [-0.1, -0.05) is 27.7 Å². The van der Waals surface area contributed by atoms with Crippen LogP contribution in [0.15, 0.2) is 0 Å². The molecule has 222 valence electrons. The Morgan fingerprint density at radius 3 is 2.28 bits per heavy atom. The van der Waals surface area contributed by atoms with E-state index >= 15 is 0 Å². The molecule has 0 radical (unpaired) electrons. The predicted octanol–water partition coefficient (Wildman–Crippen LogP) is 7.11. The molecule has 0 spiro atoms. The van der Waals surface area contributed by atoms with Crippen molar-refractivity contribution in [3.63, 3.8) is 0 Å². The van der Waals surface area contributed by atoms with Crippen molar-refractivity contribution in [1.29, 1.82) is 0 Å². The van der Waals surface area contributed by atoms with Crippen molar-refractivity contribution in [3.05, 3.63) is 0 Å². The molecule has 0 aromatic carbocycles. The molecule has 0 heterocycles. The number of hydrogen-bond acceptors (Lipinski definition) is 5. The molecule has 0 aromatic rings. The standard InChI is InChI=1S/C34H57NO4/c1-22(2)19-24(20-26(37)9-8-18-35(6)7)32(38)39-27-14-16-33(4)25(21-27)10-11-28-30-13-12-29(23(3)36)34(30,5)17-15-31(28)33/h22,24-25,27-31H,8-21H2,1-7H3/t24-,25+,27-,28+,29-,30+,31+,33+,34-/m1/s1. The summed E-state index contributed by atoms with van der Waals surface area (Å²) >= 11 is 0. The Balaban J connectivity index is 1.35. The Kier molecular flexibility index (Phi) is 9.71. The summed E-state index contributed by atoms with van der Waals surface area (Å²) < 4.78 is 6.22. The summed E-state index contributed by atoms with van der Waals surface area (Å²) in [6.07, 6.45) is 12.8. The number of esters is 1. The molecule has 4 rings (SSSR count). The molecule has 0 aromatic heterocycles. The topological polar surface area (TPSA) is 63.7 Å². The number of hydrogen-bond donors (Lipinski definition) is 0. The normalized spacial score (nSPS) is 38.6. The zero-order valence-electron chi connectivity index (χ0n) is 26.1. The second-order valence-electron chi connectivity index (χ2n) is 15.3. The highest BCUT2D eigenvalue weighted by atomic mass is 16.5. The van der Waals surface area contributed by atoms with Crippen LogP contribution in [-0.4, -0.2) is 49.2 Å². The molecular weight excluding hydrogens is 486 g/mol. The number of Topliss-reactive ketones (excluding diaryl/α,β-unsaturated/α-hetero) is 2. The van der Waals surface area contributed by atoms with E-state index in [0.29, 0.717) is 41.8 Å². The molecule has 4 aliphatic carbocycles. The molecule has 0 saturated heterocycles. The lowest BCUT2D eigenvalue weighted by Gasteiger charge is -2.61. The van der Waals surface area contributed by atoms with Gasteiger partial charge < -0.3 is 9.64 Å². The van der Waals surface area contributed by atoms with Crippen molar-refractivity contribution < 1.29 is 19.1 Å². The molecule has 0 unspecified atom stereocenters. The predicted molar refractivity (Wildman–Crippen MR) is 156 cm³/mol. The smallest absolute Gasteiger partial charge is 0.309 e. The molecule has 4 saturated carbocycles. The van der Waals surface area contributed by atoms with Gasteiger partial charge >= 0.3 is 5.97 Å². The van der Waals surface area contributed by atoms with Gasteiger partial charge in [-0.15, -0.1) is 0 Å². The lowest BCUT2D eigenvalue weighted by molar-refractivity contribution is -0.168. The first-order chi connectivity index (χ1) is 18.3. The van der Waals surface area contributed by atoms with Crippen LogP contribution in [0.1, 0.15) is 118 Å². The van der Waals surface area contributed by atoms with Crippen LogP contribution in [0.2, 0.25) is 0 Å². The third-order valence-corrected chi connectivity index (χ3v) is 12.0. The van der Waals surface area contributed by atoms with E-state index in [4.69, 9.17) is 4.74 Å². The van der Waals surface area contributed by atoms with Crippen LogP contribution in [0.3, 0.4) is 0 Å². The monoisotopic (exact) mass is 543 g/mol. The molecule has 0 amide bonds. The molecule has 5 nitrogen and oxygen atoms in total. The second-order valence-corrected chi connectivity index (χ2v) is 15.3. The minimum Gasteiger partial charge on any atom is -0.462 e. The van der Waals surface area contributed by atoms with Crippen LogP contribution in [0, 0.1) is 52.3 Å². The Bertz CT molecular complexity index is 898. The van der Waals surface area contributed by atoms with Crippen LogP contribution in [0.25, 0.3) is 0 Å². The van der Waals surface area contributed by atoms with Crippen LogP contribution in [0.4, 0.5) is 0 Å². The van der Waals surface area contributed by atoms with Crippen molar-refractivity contribution in [1.82, 2.24) is 4.90 Å². The molecule has 39 heavy (non-hydrogen) atoms. The van der Waals surface area contributed by atoms with E-state index < -0.39 is 0 Å². The maximum absolute atomic E-state index is 13.4. The summed E-state index contributed by atoms with van der Waals surface area (Å²) in [6, 6.07) is 0. The number of ether oxygens (including phenoxy) is 1. The molecule has 5 heteroatoms. The van der Waals surface area contributed by atoms with Crippen molar-refractivity contribution in [2.45, 2.75) is 124 Å². The number of carbonyl (C=O) groups excluding carboxylic acids is 3. The van der Waals surface area contributed by atoms with Gasteiger partial charge in [-0.05, 0) is 139 Å². The van der Waals surface area contributed by atoms with Gasteiger partial charge in [0.05, 0.1) is 5.92 Å². The van der Waals surface area contributed by atoms with Crippen molar-refractivity contribution in [2.24, 2.45) is 52.3 Å². The number of ketones is 2. The average molecular weight is 544 g/mol. The fourth-order valence-electron chi connectivity index (χ4n) is 10.1. The van der Waals surface area contributed by atoms with Crippen LogP contribution in [-0.2, 0) is 19.1 Å². The maximum atomic E-state index is 13.4. The van der Waals surface area contributed by atoms with Gasteiger partial charge in [-0.25, -0.2) is 0 Å². The first kappa shape index (κ1) is 30.7. The first-order valence-corrected chi connectivity index (χ1v) is 16.2. The van der Waals surface area contributed by atoms with Gasteiger partial charge in [-0.3, -0.25) is 14.4 Å². The van der Waals surface area contributed by atoms with Gasteiger partial charge in [0.25, 0.3) is 0 Å². The molecular formula is C34H57NO4. The van der Waals surface area contributed by atoms with Gasteiger partial charge in [0.1, 0.15) is 17.7 Å². The third-order valence-electron chi connectivity index (χ3n) is 12.0. The molecule has 4 aliphatic rings. The fraction of sp³-hybridized carbons (Fsp3) is 0.912. The van der Waals surface area contributed by atoms with Crippen LogP contribution >= 0.6 is 0 Å². The Hall–Kier alpha value is -1.23. The van der Waals surface area contributed by atoms with E-state index in [1.807, 2.05) is 21.0 Å². The lowest BCUT2D eigenvalue weighted by Crippen LogP contribution is -2.54. The number of fused-ring (bicyclic) bond motifs is 5. The first-order valence-electron chi connectivity index (χ1n) is 16.2. The van der Waals surface area contributed by atoms with Gasteiger partial charge in [0, 0.05) is 18.8 Å². The van der Waals surface area contributed by atoms with E-state index in [1.165, 1.54) is 32.1 Å². The second kappa shape index (κ2) is 12.3. The fourth-order valence-corrected chi connectivity index (χ4v) is 10.1. The summed E-state index contributed by atoms with van der Waals surface area (Å²) in [4.78, 5) is 40.6. The molecule has 4 fully saturated rings. The summed E-state index contributed by atoms with van der Waals surface area (Å²) in [5, 5.41) is 0. The van der Waals surface area contributed by atoms with E-state index in [9.17, 15) is 14.4 Å². The molecule has 9 atom stereocenters. The lowest BCUT2D eigenvalue weighted by atomic mass is 9.44. The summed E-state index contributed by atoms with van der Waals surface area (Å²) in [5.41, 5.74) is 0.527. The summed E-state index contributed by atoms with van der Waals surface area (Å²) in [6.45, 7) is 11.9. The Morgan fingerprint density at radius 2 is 1.62 bits per heavy atom. The van der Waals surface area contributed by atoms with E-state index in [1.54, 1.807) is 0 Å². The maximum Gasteiger partial charge on any atom is 0.309 e. The Labute approximate surface area is 238 Å². The zero-order chi connectivity index (χ0) is 28.5. The molecule has 0 bridgehead atoms. The summed E-state index contributed by atoms with van der Waals surface area (Å²) in [7, 11) is 4.05. The number of rotatable bonds is 11. The quantitative estimate of drug-likeness (QED) is 0.260. The number of carbonyl (C=O) groups is 3. The van der Waals surface area contributed by atoms with Gasteiger partial charge in [0.15, 0.2) is 0 Å². The molecule has 0 aliphatic heterocycles. The van der Waals surface area contributed by atoms with E-state index in [0.717, 1.165) is 56.9 Å². The SMILES string of the molecule is CC(=O)[C@H]1CC[C@H]2[C@@H]3CC[C@H]4C[C@H](OC(=O)[C@@H](CC(=O)CCCN(C)C)CC(C)C)CC[C@]4(C)[C@H]3CC[C@]12C. The molecule has 0 N–H and O–H groups in total. The zero-order valence-corrected chi connectivity index (χ0v) is 26.1. The van der Waals surface area contributed by atoms with Gasteiger partial charge in [-0.2, -0.15) is 0 Å².